The number of amides is 2. The van der Waals surface area contributed by atoms with Crippen molar-refractivity contribution in [2.75, 3.05) is 7.11 Å². The molecule has 8 heteroatoms. The van der Waals surface area contributed by atoms with E-state index in [-0.39, 0.29) is 12.5 Å². The predicted octanol–water partition coefficient (Wildman–Crippen LogP) is 3.81. The van der Waals surface area contributed by atoms with Crippen molar-refractivity contribution in [2.24, 2.45) is 5.92 Å². The summed E-state index contributed by atoms with van der Waals surface area (Å²) in [6.45, 7) is 3.61. The van der Waals surface area contributed by atoms with Crippen molar-refractivity contribution >= 4 is 27.7 Å². The highest BCUT2D eigenvalue weighted by molar-refractivity contribution is 9.10. The first-order chi connectivity index (χ1) is 13.2. The lowest BCUT2D eigenvalue weighted by Gasteiger charge is -2.22. The molecule has 1 atom stereocenters. The standard InChI is InChI=1S/C20H21BrF2N2O3/c1-11(2)18(25-19(26)17-14(22)5-4-6-15(17)23)20(27)24-10-12-9-13(21)7-8-16(12)28-3/h4-9,11,18H,10H2,1-3H3,(H,24,27)(H,25,26). The lowest BCUT2D eigenvalue weighted by molar-refractivity contribution is -0.124. The number of rotatable bonds is 7. The zero-order chi connectivity index (χ0) is 20.8. The molecule has 0 aliphatic carbocycles. The van der Waals surface area contributed by atoms with Crippen molar-refractivity contribution in [3.05, 3.63) is 63.6 Å². The van der Waals surface area contributed by atoms with Crippen molar-refractivity contribution in [3.63, 3.8) is 0 Å². The number of carbonyl (C=O) groups excluding carboxylic acids is 2. The van der Waals surface area contributed by atoms with Gasteiger partial charge in [-0.2, -0.15) is 0 Å². The van der Waals surface area contributed by atoms with Crippen molar-refractivity contribution in [3.8, 4) is 5.75 Å². The topological polar surface area (TPSA) is 67.4 Å². The highest BCUT2D eigenvalue weighted by Gasteiger charge is 2.27. The van der Waals surface area contributed by atoms with Crippen LogP contribution < -0.4 is 15.4 Å². The number of benzene rings is 2. The predicted molar refractivity (Wildman–Crippen MR) is 105 cm³/mol. The molecule has 0 aliphatic rings. The Bertz CT molecular complexity index is 854. The van der Waals surface area contributed by atoms with Gasteiger partial charge in [0.15, 0.2) is 0 Å². The monoisotopic (exact) mass is 454 g/mol. The molecular formula is C20H21BrF2N2O3. The van der Waals surface area contributed by atoms with Gasteiger partial charge in [0.25, 0.3) is 5.91 Å². The van der Waals surface area contributed by atoms with Crippen LogP contribution in [0.5, 0.6) is 5.75 Å². The van der Waals surface area contributed by atoms with Gasteiger partial charge >= 0.3 is 0 Å². The van der Waals surface area contributed by atoms with E-state index in [1.165, 1.54) is 13.2 Å². The van der Waals surface area contributed by atoms with Gasteiger partial charge in [-0.1, -0.05) is 35.8 Å². The Balaban J connectivity index is 2.12. The number of nitrogens with one attached hydrogen (secondary N) is 2. The third-order valence-corrected chi connectivity index (χ3v) is 4.61. The van der Waals surface area contributed by atoms with Gasteiger partial charge in [0.05, 0.1) is 7.11 Å². The number of ether oxygens (including phenoxy) is 1. The molecule has 0 radical (unpaired) electrons. The van der Waals surface area contributed by atoms with E-state index in [9.17, 15) is 18.4 Å². The van der Waals surface area contributed by atoms with Crippen molar-refractivity contribution in [1.82, 2.24) is 10.6 Å². The molecule has 28 heavy (non-hydrogen) atoms. The summed E-state index contributed by atoms with van der Waals surface area (Å²) in [6.07, 6.45) is 0. The molecule has 0 spiro atoms. The Morgan fingerprint density at radius 1 is 1.14 bits per heavy atom. The largest absolute Gasteiger partial charge is 0.496 e. The van der Waals surface area contributed by atoms with Crippen molar-refractivity contribution in [2.45, 2.75) is 26.4 Å². The Morgan fingerprint density at radius 2 is 1.79 bits per heavy atom. The summed E-state index contributed by atoms with van der Waals surface area (Å²) in [5, 5.41) is 5.15. The second-order valence-corrected chi connectivity index (χ2v) is 7.38. The SMILES string of the molecule is COc1ccc(Br)cc1CNC(=O)C(NC(=O)c1c(F)cccc1F)C(C)C. The molecule has 2 aromatic carbocycles. The Kier molecular flexibility index (Phi) is 7.51. The maximum atomic E-state index is 13.8. The first-order valence-electron chi connectivity index (χ1n) is 8.59. The fraction of sp³-hybridized carbons (Fsp3) is 0.300. The lowest BCUT2D eigenvalue weighted by Crippen LogP contribution is -2.49. The molecule has 0 saturated carbocycles. The molecule has 0 saturated heterocycles. The molecule has 150 valence electrons. The number of hydrogen-bond acceptors (Lipinski definition) is 3. The summed E-state index contributed by atoms with van der Waals surface area (Å²) >= 11 is 3.36. The number of halogens is 3. The normalized spacial score (nSPS) is 11.8. The van der Waals surface area contributed by atoms with E-state index in [0.29, 0.717) is 5.75 Å². The van der Waals surface area contributed by atoms with Gasteiger partial charge in [-0.15, -0.1) is 0 Å². The Hall–Kier alpha value is -2.48. The molecule has 2 amide bonds. The van der Waals surface area contributed by atoms with Crippen LogP contribution in [0.1, 0.15) is 29.8 Å². The summed E-state index contributed by atoms with van der Waals surface area (Å²) in [5.74, 6) is -3.13. The smallest absolute Gasteiger partial charge is 0.257 e. The minimum Gasteiger partial charge on any atom is -0.496 e. The average Bonchev–Trinajstić information content (AvgIpc) is 2.64. The molecule has 2 aromatic rings. The number of carbonyl (C=O) groups is 2. The van der Waals surface area contributed by atoms with Gasteiger partial charge in [0.2, 0.25) is 5.91 Å². The van der Waals surface area contributed by atoms with Crippen LogP contribution >= 0.6 is 15.9 Å². The van der Waals surface area contributed by atoms with Crippen LogP contribution in [0.25, 0.3) is 0 Å². The second kappa shape index (κ2) is 9.64. The summed E-state index contributed by atoms with van der Waals surface area (Å²) < 4.78 is 33.7. The first-order valence-corrected chi connectivity index (χ1v) is 9.39. The van der Waals surface area contributed by atoms with Crippen LogP contribution in [0.15, 0.2) is 40.9 Å². The molecular weight excluding hydrogens is 434 g/mol. The van der Waals surface area contributed by atoms with Gasteiger partial charge < -0.3 is 15.4 Å². The average molecular weight is 455 g/mol. The van der Waals surface area contributed by atoms with Crippen LogP contribution in [0.2, 0.25) is 0 Å². The fourth-order valence-corrected chi connectivity index (χ4v) is 3.05. The third-order valence-electron chi connectivity index (χ3n) is 4.12. The van der Waals surface area contributed by atoms with Gasteiger partial charge in [-0.3, -0.25) is 9.59 Å². The van der Waals surface area contributed by atoms with E-state index < -0.39 is 35.1 Å². The lowest BCUT2D eigenvalue weighted by atomic mass is 10.0. The maximum Gasteiger partial charge on any atom is 0.257 e. The van der Waals surface area contributed by atoms with E-state index >= 15 is 0 Å². The van der Waals surface area contributed by atoms with Gasteiger partial charge in [-0.05, 0) is 36.2 Å². The Labute approximate surface area is 170 Å². The van der Waals surface area contributed by atoms with E-state index in [1.807, 2.05) is 6.07 Å². The van der Waals surface area contributed by atoms with Crippen LogP contribution in [0.4, 0.5) is 8.78 Å². The number of methoxy groups -OCH3 is 1. The minimum atomic E-state index is -0.987. The van der Waals surface area contributed by atoms with Crippen LogP contribution in [-0.4, -0.2) is 25.0 Å². The molecule has 0 heterocycles. The quantitative estimate of drug-likeness (QED) is 0.668. The molecule has 1 unspecified atom stereocenters. The molecule has 2 N–H and O–H groups in total. The summed E-state index contributed by atoms with van der Waals surface area (Å²) in [7, 11) is 1.52. The zero-order valence-corrected chi connectivity index (χ0v) is 17.3. The molecule has 0 aromatic heterocycles. The van der Waals surface area contributed by atoms with E-state index in [2.05, 4.69) is 26.6 Å². The summed E-state index contributed by atoms with van der Waals surface area (Å²) in [6, 6.07) is 7.54. The zero-order valence-electron chi connectivity index (χ0n) is 15.7. The summed E-state index contributed by atoms with van der Waals surface area (Å²) in [4.78, 5) is 24.9. The number of hydrogen-bond donors (Lipinski definition) is 2. The molecule has 0 bridgehead atoms. The van der Waals surface area contributed by atoms with E-state index in [0.717, 1.165) is 22.2 Å². The molecule has 0 aliphatic heterocycles. The first kappa shape index (κ1) is 21.8. The third kappa shape index (κ3) is 5.28. The van der Waals surface area contributed by atoms with E-state index in [1.54, 1.807) is 26.0 Å². The highest BCUT2D eigenvalue weighted by atomic mass is 79.9. The molecule has 0 fully saturated rings. The van der Waals surface area contributed by atoms with Crippen molar-refractivity contribution < 1.29 is 23.1 Å². The van der Waals surface area contributed by atoms with Gasteiger partial charge in [-0.25, -0.2) is 8.78 Å². The highest BCUT2D eigenvalue weighted by Crippen LogP contribution is 2.23. The maximum absolute atomic E-state index is 13.8. The van der Waals surface area contributed by atoms with Gasteiger partial charge in [0, 0.05) is 16.6 Å². The fourth-order valence-electron chi connectivity index (χ4n) is 2.64. The molecule has 5 nitrogen and oxygen atoms in total. The summed E-state index contributed by atoms with van der Waals surface area (Å²) in [5.41, 5.74) is 0.0221. The van der Waals surface area contributed by atoms with E-state index in [4.69, 9.17) is 4.74 Å². The van der Waals surface area contributed by atoms with Crippen LogP contribution in [0, 0.1) is 17.6 Å². The second-order valence-electron chi connectivity index (χ2n) is 6.47. The van der Waals surface area contributed by atoms with Crippen LogP contribution in [-0.2, 0) is 11.3 Å². The van der Waals surface area contributed by atoms with Crippen molar-refractivity contribution in [1.29, 1.82) is 0 Å². The molecule has 2 rings (SSSR count). The van der Waals surface area contributed by atoms with Crippen LogP contribution in [0.3, 0.4) is 0 Å². The Morgan fingerprint density at radius 3 is 2.36 bits per heavy atom. The van der Waals surface area contributed by atoms with Gasteiger partial charge in [0.1, 0.15) is 29.0 Å². The minimum absolute atomic E-state index is 0.161.